The minimum atomic E-state index is 0.139. The first-order valence-electron chi connectivity index (χ1n) is 2.46. The Hall–Kier alpha value is 0.350. The van der Waals surface area contributed by atoms with Crippen molar-refractivity contribution in [2.45, 2.75) is 13.1 Å². The molecule has 0 aromatic heterocycles. The van der Waals surface area contributed by atoms with Crippen LogP contribution < -0.4 is 11.1 Å². The fraction of sp³-hybridized carbons (Fsp3) is 1.00. The molecule has 0 amide bonds. The standard InChI is InChI=1S/C4H13N2P/c1-4(5)6-2-3-7/h4,6H,2-3,5,7H2,1H3. The summed E-state index contributed by atoms with van der Waals surface area (Å²) in [5.41, 5.74) is 5.36. The zero-order valence-corrected chi connectivity index (χ0v) is 5.80. The highest BCUT2D eigenvalue weighted by Gasteiger charge is 1.85. The second-order valence-electron chi connectivity index (χ2n) is 1.53. The van der Waals surface area contributed by atoms with Crippen molar-refractivity contribution in [1.29, 1.82) is 0 Å². The van der Waals surface area contributed by atoms with Crippen molar-refractivity contribution >= 4 is 9.24 Å². The van der Waals surface area contributed by atoms with Gasteiger partial charge in [0.25, 0.3) is 0 Å². The highest BCUT2D eigenvalue weighted by atomic mass is 31.0. The van der Waals surface area contributed by atoms with Crippen LogP contribution in [-0.2, 0) is 0 Å². The van der Waals surface area contributed by atoms with Gasteiger partial charge < -0.3 is 11.1 Å². The van der Waals surface area contributed by atoms with Crippen LogP contribution in [0.3, 0.4) is 0 Å². The average molecular weight is 120 g/mol. The average Bonchev–Trinajstić information content (AvgIpc) is 1.61. The molecule has 0 bridgehead atoms. The van der Waals surface area contributed by atoms with Gasteiger partial charge in [-0.3, -0.25) is 0 Å². The summed E-state index contributed by atoms with van der Waals surface area (Å²) in [7, 11) is 2.63. The summed E-state index contributed by atoms with van der Waals surface area (Å²) < 4.78 is 0. The van der Waals surface area contributed by atoms with Gasteiger partial charge in [-0.2, -0.15) is 0 Å². The lowest BCUT2D eigenvalue weighted by atomic mass is 10.6. The molecule has 2 nitrogen and oxygen atoms in total. The predicted octanol–water partition coefficient (Wildman–Crippen LogP) is -0.244. The fourth-order valence-electron chi connectivity index (χ4n) is 0.311. The van der Waals surface area contributed by atoms with E-state index in [1.54, 1.807) is 0 Å². The number of rotatable bonds is 3. The number of nitrogens with one attached hydrogen (secondary N) is 1. The molecule has 2 atom stereocenters. The number of hydrogen-bond donors (Lipinski definition) is 2. The Balaban J connectivity index is 2.68. The van der Waals surface area contributed by atoms with E-state index in [-0.39, 0.29) is 6.17 Å². The zero-order valence-electron chi connectivity index (χ0n) is 4.65. The molecule has 0 fully saturated rings. The molecule has 0 rings (SSSR count). The lowest BCUT2D eigenvalue weighted by Gasteiger charge is -2.03. The van der Waals surface area contributed by atoms with Gasteiger partial charge in [0.15, 0.2) is 0 Å². The Kier molecular flexibility index (Phi) is 4.73. The third-order valence-corrected chi connectivity index (χ3v) is 0.899. The van der Waals surface area contributed by atoms with Crippen LogP contribution in [0.5, 0.6) is 0 Å². The summed E-state index contributed by atoms with van der Waals surface area (Å²) in [4.78, 5) is 0. The van der Waals surface area contributed by atoms with Crippen molar-refractivity contribution in [2.24, 2.45) is 5.73 Å². The topological polar surface area (TPSA) is 38.0 Å². The predicted molar refractivity (Wildman–Crippen MR) is 36.2 cm³/mol. The maximum Gasteiger partial charge on any atom is 0.0517 e. The van der Waals surface area contributed by atoms with E-state index >= 15 is 0 Å². The SMILES string of the molecule is CC(N)NCCP. The molecule has 3 heteroatoms. The third-order valence-electron chi connectivity index (χ3n) is 0.611. The first-order valence-corrected chi connectivity index (χ1v) is 3.28. The second-order valence-corrected chi connectivity index (χ2v) is 2.11. The van der Waals surface area contributed by atoms with E-state index in [0.717, 1.165) is 12.7 Å². The first-order chi connectivity index (χ1) is 3.27. The normalized spacial score (nSPS) is 14.1. The minimum Gasteiger partial charge on any atom is -0.316 e. The fourth-order valence-corrected chi connectivity index (χ4v) is 0.478. The minimum absolute atomic E-state index is 0.139. The molecule has 44 valence electrons. The van der Waals surface area contributed by atoms with E-state index in [2.05, 4.69) is 14.6 Å². The summed E-state index contributed by atoms with van der Waals surface area (Å²) in [5.74, 6) is 0. The molecule has 0 aromatic carbocycles. The van der Waals surface area contributed by atoms with Gasteiger partial charge in [0.1, 0.15) is 0 Å². The Morgan fingerprint density at radius 2 is 2.43 bits per heavy atom. The van der Waals surface area contributed by atoms with Crippen LogP contribution in [0.4, 0.5) is 0 Å². The summed E-state index contributed by atoms with van der Waals surface area (Å²) in [6.45, 7) is 2.92. The Morgan fingerprint density at radius 1 is 1.86 bits per heavy atom. The molecule has 0 spiro atoms. The Morgan fingerprint density at radius 3 is 2.57 bits per heavy atom. The van der Waals surface area contributed by atoms with Crippen molar-refractivity contribution < 1.29 is 0 Å². The van der Waals surface area contributed by atoms with E-state index in [0.29, 0.717) is 0 Å². The summed E-state index contributed by atoms with van der Waals surface area (Å²) in [5, 5.41) is 3.05. The van der Waals surface area contributed by atoms with Crippen LogP contribution >= 0.6 is 9.24 Å². The molecule has 0 radical (unpaired) electrons. The number of hydrogen-bond acceptors (Lipinski definition) is 2. The van der Waals surface area contributed by atoms with Crippen molar-refractivity contribution in [3.63, 3.8) is 0 Å². The molecule has 3 N–H and O–H groups in total. The van der Waals surface area contributed by atoms with Crippen LogP contribution in [0, 0.1) is 0 Å². The van der Waals surface area contributed by atoms with Gasteiger partial charge >= 0.3 is 0 Å². The molecular weight excluding hydrogens is 107 g/mol. The van der Waals surface area contributed by atoms with Gasteiger partial charge in [-0.25, -0.2) is 0 Å². The smallest absolute Gasteiger partial charge is 0.0517 e. The van der Waals surface area contributed by atoms with E-state index < -0.39 is 0 Å². The number of nitrogens with two attached hydrogens (primary N) is 1. The Bertz CT molecular complexity index is 38.7. The molecule has 0 saturated carbocycles. The summed E-state index contributed by atoms with van der Waals surface area (Å²) >= 11 is 0. The molecule has 0 aliphatic rings. The third kappa shape index (κ3) is 6.35. The maximum absolute atomic E-state index is 5.36. The van der Waals surface area contributed by atoms with E-state index in [1.165, 1.54) is 0 Å². The maximum atomic E-state index is 5.36. The van der Waals surface area contributed by atoms with Crippen LogP contribution in [0.25, 0.3) is 0 Å². The van der Waals surface area contributed by atoms with Crippen molar-refractivity contribution in [1.82, 2.24) is 5.32 Å². The van der Waals surface area contributed by atoms with Gasteiger partial charge in [0, 0.05) is 6.54 Å². The quantitative estimate of drug-likeness (QED) is 0.398. The van der Waals surface area contributed by atoms with Gasteiger partial charge in [-0.1, -0.05) is 0 Å². The van der Waals surface area contributed by atoms with Crippen LogP contribution in [0.1, 0.15) is 6.92 Å². The molecule has 2 unspecified atom stereocenters. The van der Waals surface area contributed by atoms with Gasteiger partial charge in [0.2, 0.25) is 0 Å². The second kappa shape index (κ2) is 4.51. The molecule has 0 saturated heterocycles. The highest BCUT2D eigenvalue weighted by molar-refractivity contribution is 7.16. The molecule has 0 aromatic rings. The molecule has 0 aliphatic heterocycles. The largest absolute Gasteiger partial charge is 0.316 e. The van der Waals surface area contributed by atoms with Gasteiger partial charge in [-0.15, -0.1) is 9.24 Å². The molecular formula is C4H13N2P. The summed E-state index contributed by atoms with van der Waals surface area (Å²) in [6, 6.07) is 0. The first kappa shape index (κ1) is 7.35. The van der Waals surface area contributed by atoms with Crippen molar-refractivity contribution in [3.05, 3.63) is 0 Å². The van der Waals surface area contributed by atoms with Crippen LogP contribution in [0.15, 0.2) is 0 Å². The lowest BCUT2D eigenvalue weighted by Crippen LogP contribution is -2.35. The van der Waals surface area contributed by atoms with Crippen LogP contribution in [0.2, 0.25) is 0 Å². The molecule has 0 aliphatic carbocycles. The van der Waals surface area contributed by atoms with Gasteiger partial charge in [-0.05, 0) is 13.1 Å². The van der Waals surface area contributed by atoms with Crippen molar-refractivity contribution in [3.8, 4) is 0 Å². The lowest BCUT2D eigenvalue weighted by molar-refractivity contribution is 0.592. The highest BCUT2D eigenvalue weighted by Crippen LogP contribution is 1.74. The van der Waals surface area contributed by atoms with E-state index in [1.807, 2.05) is 6.92 Å². The summed E-state index contributed by atoms with van der Waals surface area (Å²) in [6.07, 6.45) is 1.21. The van der Waals surface area contributed by atoms with Gasteiger partial charge in [0.05, 0.1) is 6.17 Å². The van der Waals surface area contributed by atoms with Crippen LogP contribution in [-0.4, -0.2) is 18.9 Å². The van der Waals surface area contributed by atoms with Crippen molar-refractivity contribution in [2.75, 3.05) is 12.7 Å². The van der Waals surface area contributed by atoms with E-state index in [9.17, 15) is 0 Å². The molecule has 7 heavy (non-hydrogen) atoms. The Labute approximate surface area is 47.1 Å². The van der Waals surface area contributed by atoms with E-state index in [4.69, 9.17) is 5.73 Å². The monoisotopic (exact) mass is 120 g/mol. The molecule has 0 heterocycles. The zero-order chi connectivity index (χ0) is 5.70.